The summed E-state index contributed by atoms with van der Waals surface area (Å²) >= 11 is 0. The standard InChI is InChI=1S/C18H19N3O5S/c1-27(25,26)15-6-4-5-13(11-15)19-18(22)16-12-14(21(23)24)7-8-17(16)20-9-2-3-10-20/h4-8,11-12H,2-3,9-10H2,1H3,(H,19,22). The van der Waals surface area contributed by atoms with Crippen LogP contribution < -0.4 is 10.2 Å². The first kappa shape index (κ1) is 18.8. The second-order valence-electron chi connectivity index (χ2n) is 6.41. The smallest absolute Gasteiger partial charge is 0.270 e. The summed E-state index contributed by atoms with van der Waals surface area (Å²) in [7, 11) is -3.41. The Labute approximate surface area is 156 Å². The Kier molecular flexibility index (Phi) is 5.13. The lowest BCUT2D eigenvalue weighted by Crippen LogP contribution is -2.23. The molecule has 0 aromatic heterocycles. The number of amides is 1. The SMILES string of the molecule is CS(=O)(=O)c1cccc(NC(=O)c2cc([N+](=O)[O-])ccc2N2CCCC2)c1. The number of rotatable bonds is 5. The summed E-state index contributed by atoms with van der Waals surface area (Å²) in [5, 5.41) is 13.8. The van der Waals surface area contributed by atoms with E-state index < -0.39 is 20.7 Å². The van der Waals surface area contributed by atoms with Gasteiger partial charge in [0.1, 0.15) is 0 Å². The van der Waals surface area contributed by atoms with E-state index in [4.69, 9.17) is 0 Å². The van der Waals surface area contributed by atoms with Gasteiger partial charge in [-0.3, -0.25) is 14.9 Å². The number of nitro groups is 1. The lowest BCUT2D eigenvalue weighted by molar-refractivity contribution is -0.384. The summed E-state index contributed by atoms with van der Waals surface area (Å²) < 4.78 is 23.4. The minimum atomic E-state index is -3.41. The second-order valence-corrected chi connectivity index (χ2v) is 8.42. The molecule has 1 saturated heterocycles. The van der Waals surface area contributed by atoms with Crippen LogP contribution in [0.25, 0.3) is 0 Å². The zero-order chi connectivity index (χ0) is 19.6. The zero-order valence-corrected chi connectivity index (χ0v) is 15.5. The Balaban J connectivity index is 1.95. The molecule has 1 N–H and O–H groups in total. The van der Waals surface area contributed by atoms with Crippen LogP contribution >= 0.6 is 0 Å². The maximum atomic E-state index is 12.8. The van der Waals surface area contributed by atoms with Gasteiger partial charge in [-0.15, -0.1) is 0 Å². The van der Waals surface area contributed by atoms with Gasteiger partial charge in [0.25, 0.3) is 11.6 Å². The van der Waals surface area contributed by atoms with Gasteiger partial charge in [0.15, 0.2) is 9.84 Å². The highest BCUT2D eigenvalue weighted by molar-refractivity contribution is 7.90. The van der Waals surface area contributed by atoms with Gasteiger partial charge in [-0.25, -0.2) is 8.42 Å². The molecule has 0 saturated carbocycles. The van der Waals surface area contributed by atoms with Crippen LogP contribution in [0.4, 0.5) is 17.1 Å². The van der Waals surface area contributed by atoms with Crippen molar-refractivity contribution in [2.75, 3.05) is 29.6 Å². The van der Waals surface area contributed by atoms with Crippen LogP contribution in [0.5, 0.6) is 0 Å². The van der Waals surface area contributed by atoms with Crippen LogP contribution in [-0.4, -0.2) is 38.6 Å². The van der Waals surface area contributed by atoms with Gasteiger partial charge in [-0.2, -0.15) is 0 Å². The van der Waals surface area contributed by atoms with Crippen molar-refractivity contribution >= 4 is 32.8 Å². The third kappa shape index (κ3) is 4.25. The average molecular weight is 389 g/mol. The van der Waals surface area contributed by atoms with Gasteiger partial charge in [0.2, 0.25) is 0 Å². The number of nitro benzene ring substituents is 1. The molecule has 0 radical (unpaired) electrons. The lowest BCUT2D eigenvalue weighted by atomic mass is 10.1. The third-order valence-corrected chi connectivity index (χ3v) is 5.51. The van der Waals surface area contributed by atoms with Crippen molar-refractivity contribution in [2.24, 2.45) is 0 Å². The zero-order valence-electron chi connectivity index (χ0n) is 14.7. The van der Waals surface area contributed by atoms with Gasteiger partial charge in [0.05, 0.1) is 21.1 Å². The molecule has 1 amide bonds. The molecule has 8 nitrogen and oxygen atoms in total. The first-order valence-corrected chi connectivity index (χ1v) is 10.3. The lowest BCUT2D eigenvalue weighted by Gasteiger charge is -2.21. The van der Waals surface area contributed by atoms with Gasteiger partial charge < -0.3 is 10.2 Å². The van der Waals surface area contributed by atoms with Crippen molar-refractivity contribution < 1.29 is 18.1 Å². The monoisotopic (exact) mass is 389 g/mol. The Bertz CT molecular complexity index is 998. The fourth-order valence-electron chi connectivity index (χ4n) is 3.06. The summed E-state index contributed by atoms with van der Waals surface area (Å²) in [4.78, 5) is 25.5. The van der Waals surface area contributed by atoms with Crippen LogP contribution in [0.1, 0.15) is 23.2 Å². The average Bonchev–Trinajstić information content (AvgIpc) is 3.15. The molecule has 0 unspecified atom stereocenters. The molecule has 27 heavy (non-hydrogen) atoms. The number of hydrogen-bond acceptors (Lipinski definition) is 6. The molecule has 1 aliphatic rings. The molecule has 0 bridgehead atoms. The van der Waals surface area contributed by atoms with E-state index in [0.717, 1.165) is 32.2 Å². The van der Waals surface area contributed by atoms with Crippen molar-refractivity contribution in [3.8, 4) is 0 Å². The van der Waals surface area contributed by atoms with Gasteiger partial charge in [-0.05, 0) is 37.1 Å². The number of nitrogens with zero attached hydrogens (tertiary/aromatic N) is 2. The predicted molar refractivity (Wildman–Crippen MR) is 102 cm³/mol. The Morgan fingerprint density at radius 3 is 2.48 bits per heavy atom. The normalized spacial score (nSPS) is 14.2. The molecule has 1 heterocycles. The molecule has 9 heteroatoms. The molecular weight excluding hydrogens is 370 g/mol. The fourth-order valence-corrected chi connectivity index (χ4v) is 3.72. The third-order valence-electron chi connectivity index (χ3n) is 4.40. The topological polar surface area (TPSA) is 110 Å². The number of carbonyl (C=O) groups is 1. The highest BCUT2D eigenvalue weighted by Gasteiger charge is 2.23. The van der Waals surface area contributed by atoms with Crippen LogP contribution in [-0.2, 0) is 9.84 Å². The van der Waals surface area contributed by atoms with E-state index in [-0.39, 0.29) is 16.1 Å². The summed E-state index contributed by atoms with van der Waals surface area (Å²) in [6.45, 7) is 1.56. The number of sulfone groups is 1. The van der Waals surface area contributed by atoms with E-state index in [9.17, 15) is 23.3 Å². The van der Waals surface area contributed by atoms with Crippen LogP contribution in [0, 0.1) is 10.1 Å². The Hall–Kier alpha value is -2.94. The highest BCUT2D eigenvalue weighted by atomic mass is 32.2. The number of hydrogen-bond donors (Lipinski definition) is 1. The maximum absolute atomic E-state index is 12.8. The molecule has 0 aliphatic carbocycles. The molecule has 0 spiro atoms. The highest BCUT2D eigenvalue weighted by Crippen LogP contribution is 2.29. The molecule has 2 aromatic carbocycles. The second kappa shape index (κ2) is 7.36. The van der Waals surface area contributed by atoms with Crippen molar-refractivity contribution in [3.05, 3.63) is 58.1 Å². The van der Waals surface area contributed by atoms with E-state index in [1.165, 1.54) is 30.3 Å². The molecule has 0 atom stereocenters. The van der Waals surface area contributed by atoms with Crippen molar-refractivity contribution in [1.29, 1.82) is 0 Å². The van der Waals surface area contributed by atoms with Gasteiger partial charge in [0, 0.05) is 37.2 Å². The first-order valence-electron chi connectivity index (χ1n) is 8.40. The van der Waals surface area contributed by atoms with Crippen molar-refractivity contribution in [2.45, 2.75) is 17.7 Å². The quantitative estimate of drug-likeness (QED) is 0.622. The number of non-ortho nitro benzene ring substituents is 1. The van der Waals surface area contributed by atoms with Crippen LogP contribution in [0.2, 0.25) is 0 Å². The van der Waals surface area contributed by atoms with Gasteiger partial charge >= 0.3 is 0 Å². The van der Waals surface area contributed by atoms with E-state index in [1.807, 2.05) is 4.90 Å². The fraction of sp³-hybridized carbons (Fsp3) is 0.278. The Morgan fingerprint density at radius 1 is 1.15 bits per heavy atom. The van der Waals surface area contributed by atoms with Gasteiger partial charge in [-0.1, -0.05) is 6.07 Å². The van der Waals surface area contributed by atoms with Crippen molar-refractivity contribution in [1.82, 2.24) is 0 Å². The summed E-state index contributed by atoms with van der Waals surface area (Å²) in [6.07, 6.45) is 3.07. The summed E-state index contributed by atoms with van der Waals surface area (Å²) in [5.74, 6) is -0.522. The number of nitrogens with one attached hydrogen (secondary N) is 1. The van der Waals surface area contributed by atoms with Crippen LogP contribution in [0.15, 0.2) is 47.4 Å². The minimum absolute atomic E-state index is 0.0825. The predicted octanol–water partition coefficient (Wildman–Crippen LogP) is 2.85. The summed E-state index contributed by atoms with van der Waals surface area (Å²) in [5.41, 5.74) is 0.959. The molecule has 2 aromatic rings. The van der Waals surface area contributed by atoms with Crippen molar-refractivity contribution in [3.63, 3.8) is 0 Å². The number of carbonyl (C=O) groups excluding carboxylic acids is 1. The summed E-state index contributed by atoms with van der Waals surface area (Å²) in [6, 6.07) is 10.1. The van der Waals surface area contributed by atoms with E-state index in [0.29, 0.717) is 11.4 Å². The molecule has 142 valence electrons. The minimum Gasteiger partial charge on any atom is -0.371 e. The molecule has 3 rings (SSSR count). The Morgan fingerprint density at radius 2 is 1.85 bits per heavy atom. The largest absolute Gasteiger partial charge is 0.371 e. The van der Waals surface area contributed by atoms with E-state index >= 15 is 0 Å². The van der Waals surface area contributed by atoms with E-state index in [1.54, 1.807) is 12.1 Å². The number of benzene rings is 2. The van der Waals surface area contributed by atoms with Crippen LogP contribution in [0.3, 0.4) is 0 Å². The number of anilines is 2. The van der Waals surface area contributed by atoms with E-state index in [2.05, 4.69) is 5.32 Å². The molecule has 1 aliphatic heterocycles. The molecular formula is C18H19N3O5S. The molecule has 1 fully saturated rings. The maximum Gasteiger partial charge on any atom is 0.270 e. The first-order chi connectivity index (χ1) is 12.8.